The molecule has 2 heteroatoms. The second-order valence-electron chi connectivity index (χ2n) is 4.84. The number of halogens is 2. The summed E-state index contributed by atoms with van der Waals surface area (Å²) in [7, 11) is 0. The van der Waals surface area contributed by atoms with Gasteiger partial charge in [0.25, 0.3) is 0 Å². The average Bonchev–Trinajstić information content (AvgIpc) is 2.53. The summed E-state index contributed by atoms with van der Waals surface area (Å²) in [6, 6.07) is 0. The molecule has 0 spiro atoms. The van der Waals surface area contributed by atoms with Crippen molar-refractivity contribution >= 4 is 23.2 Å². The quantitative estimate of drug-likeness (QED) is 0.458. The van der Waals surface area contributed by atoms with Crippen molar-refractivity contribution in [1.29, 1.82) is 0 Å². The third-order valence-electron chi connectivity index (χ3n) is 3.72. The minimum atomic E-state index is -0.456. The first-order valence-corrected chi connectivity index (χ1v) is 5.77. The molecule has 13 heavy (non-hydrogen) atoms. The highest BCUT2D eigenvalue weighted by Gasteiger charge is 2.65. The molecule has 0 aromatic carbocycles. The van der Waals surface area contributed by atoms with E-state index in [1.54, 1.807) is 0 Å². The van der Waals surface area contributed by atoms with E-state index in [1.165, 1.54) is 12.8 Å². The number of alkyl halides is 2. The van der Waals surface area contributed by atoms with Gasteiger partial charge in [-0.15, -0.1) is 23.2 Å². The Morgan fingerprint density at radius 2 is 1.85 bits per heavy atom. The van der Waals surface area contributed by atoms with Gasteiger partial charge in [-0.2, -0.15) is 0 Å². The van der Waals surface area contributed by atoms with Gasteiger partial charge in [-0.1, -0.05) is 26.0 Å². The molecule has 0 aliphatic heterocycles. The van der Waals surface area contributed by atoms with Crippen molar-refractivity contribution in [3.63, 3.8) is 0 Å². The first-order chi connectivity index (χ1) is 5.96. The fourth-order valence-electron chi connectivity index (χ4n) is 2.31. The first-order valence-electron chi connectivity index (χ1n) is 5.02. The first kappa shape index (κ1) is 9.86. The van der Waals surface area contributed by atoms with Crippen LogP contribution in [0.4, 0.5) is 0 Å². The summed E-state index contributed by atoms with van der Waals surface area (Å²) in [4.78, 5) is 0. The van der Waals surface area contributed by atoms with E-state index < -0.39 is 4.33 Å². The highest BCUT2D eigenvalue weighted by molar-refractivity contribution is 6.51. The van der Waals surface area contributed by atoms with Crippen molar-refractivity contribution in [1.82, 2.24) is 0 Å². The molecule has 0 radical (unpaired) electrons. The zero-order valence-electron chi connectivity index (χ0n) is 8.19. The van der Waals surface area contributed by atoms with Crippen LogP contribution in [0.1, 0.15) is 33.1 Å². The van der Waals surface area contributed by atoms with Crippen molar-refractivity contribution in [2.45, 2.75) is 37.4 Å². The molecule has 2 aliphatic rings. The fourth-order valence-corrected chi connectivity index (χ4v) is 3.14. The van der Waals surface area contributed by atoms with Crippen LogP contribution in [0.15, 0.2) is 12.2 Å². The molecule has 1 fully saturated rings. The van der Waals surface area contributed by atoms with Crippen molar-refractivity contribution in [2.75, 3.05) is 0 Å². The topological polar surface area (TPSA) is 0 Å². The molecule has 0 nitrogen and oxygen atoms in total. The van der Waals surface area contributed by atoms with Gasteiger partial charge in [0.05, 0.1) is 0 Å². The molecule has 1 unspecified atom stereocenters. The molecule has 0 heterocycles. The smallest absolute Gasteiger partial charge is 0.101 e. The van der Waals surface area contributed by atoms with Gasteiger partial charge in [0.1, 0.15) is 4.33 Å². The molecule has 2 rings (SSSR count). The zero-order valence-corrected chi connectivity index (χ0v) is 9.70. The Morgan fingerprint density at radius 3 is 2.23 bits per heavy atom. The van der Waals surface area contributed by atoms with E-state index in [1.807, 2.05) is 0 Å². The molecule has 0 aromatic heterocycles. The number of hydrogen-bond acceptors (Lipinski definition) is 0. The predicted octanol–water partition coefficient (Wildman–Crippen LogP) is 4.17. The summed E-state index contributed by atoms with van der Waals surface area (Å²) < 4.78 is -0.456. The lowest BCUT2D eigenvalue weighted by atomic mass is 9.80. The largest absolute Gasteiger partial charge is 0.124 e. The normalized spacial score (nSPS) is 47.7. The maximum Gasteiger partial charge on any atom is 0.124 e. The van der Waals surface area contributed by atoms with Gasteiger partial charge in [-0.3, -0.25) is 0 Å². The Bertz CT molecular complexity index is 244. The van der Waals surface area contributed by atoms with Crippen LogP contribution in [0.2, 0.25) is 0 Å². The molecule has 2 aliphatic carbocycles. The van der Waals surface area contributed by atoms with Crippen LogP contribution >= 0.6 is 23.2 Å². The molecule has 74 valence electrons. The SMILES string of the molecule is C[C@@H]1C=C[C@@H](C2(C)CC2(Cl)Cl)CC1. The lowest BCUT2D eigenvalue weighted by Crippen LogP contribution is -2.20. The van der Waals surface area contributed by atoms with Gasteiger partial charge >= 0.3 is 0 Å². The van der Waals surface area contributed by atoms with Crippen molar-refractivity contribution < 1.29 is 0 Å². The van der Waals surface area contributed by atoms with E-state index in [-0.39, 0.29) is 5.41 Å². The highest BCUT2D eigenvalue weighted by Crippen LogP contribution is 2.69. The summed E-state index contributed by atoms with van der Waals surface area (Å²) in [5.41, 5.74) is 0.146. The average molecular weight is 219 g/mol. The third-order valence-corrected chi connectivity index (χ3v) is 4.85. The summed E-state index contributed by atoms with van der Waals surface area (Å²) in [6.07, 6.45) is 8.10. The van der Waals surface area contributed by atoms with Gasteiger partial charge in [-0.25, -0.2) is 0 Å². The standard InChI is InChI=1S/C11H16Cl2/c1-8-3-5-9(6-4-8)10(2)7-11(10,12)13/h3,5,8-9H,4,6-7H2,1-2H3/t8-,9-,10?/m1/s1. The van der Waals surface area contributed by atoms with E-state index in [2.05, 4.69) is 26.0 Å². The molecule has 3 atom stereocenters. The van der Waals surface area contributed by atoms with Gasteiger partial charge < -0.3 is 0 Å². The fraction of sp³-hybridized carbons (Fsp3) is 0.818. The van der Waals surface area contributed by atoms with Crippen LogP contribution < -0.4 is 0 Å². The van der Waals surface area contributed by atoms with E-state index in [0.29, 0.717) is 5.92 Å². The Kier molecular flexibility index (Phi) is 2.20. The van der Waals surface area contributed by atoms with Crippen molar-refractivity contribution in [3.8, 4) is 0 Å². The van der Waals surface area contributed by atoms with Gasteiger partial charge in [0.2, 0.25) is 0 Å². The molecular formula is C11H16Cl2. The van der Waals surface area contributed by atoms with E-state index >= 15 is 0 Å². The molecule has 0 aromatic rings. The Hall–Kier alpha value is 0.320. The number of allylic oxidation sites excluding steroid dienone is 2. The summed E-state index contributed by atoms with van der Waals surface area (Å²) in [5, 5.41) is 0. The molecule has 0 bridgehead atoms. The van der Waals surface area contributed by atoms with E-state index in [9.17, 15) is 0 Å². The predicted molar refractivity (Wildman–Crippen MR) is 58.2 cm³/mol. The van der Waals surface area contributed by atoms with Crippen molar-refractivity contribution in [2.24, 2.45) is 17.3 Å². The van der Waals surface area contributed by atoms with Gasteiger partial charge in [0, 0.05) is 5.41 Å². The molecule has 0 N–H and O–H groups in total. The monoisotopic (exact) mass is 218 g/mol. The Morgan fingerprint density at radius 1 is 1.23 bits per heavy atom. The van der Waals surface area contributed by atoms with Gasteiger partial charge in [0.15, 0.2) is 0 Å². The second kappa shape index (κ2) is 2.90. The number of hydrogen-bond donors (Lipinski definition) is 0. The lowest BCUT2D eigenvalue weighted by Gasteiger charge is -2.27. The van der Waals surface area contributed by atoms with E-state index in [4.69, 9.17) is 23.2 Å². The third kappa shape index (κ3) is 1.53. The van der Waals surface area contributed by atoms with Crippen LogP contribution in [-0.4, -0.2) is 4.33 Å². The Labute approximate surface area is 90.3 Å². The summed E-state index contributed by atoms with van der Waals surface area (Å²) >= 11 is 12.3. The van der Waals surface area contributed by atoms with Crippen LogP contribution in [0.5, 0.6) is 0 Å². The van der Waals surface area contributed by atoms with Crippen molar-refractivity contribution in [3.05, 3.63) is 12.2 Å². The second-order valence-corrected chi connectivity index (χ2v) is 6.33. The molecular weight excluding hydrogens is 203 g/mol. The zero-order chi connectivity index (χ0) is 9.69. The summed E-state index contributed by atoms with van der Waals surface area (Å²) in [6.45, 7) is 4.47. The molecule has 0 amide bonds. The molecule has 1 saturated carbocycles. The van der Waals surface area contributed by atoms with Crippen LogP contribution in [0.3, 0.4) is 0 Å². The minimum absolute atomic E-state index is 0.146. The minimum Gasteiger partial charge on any atom is -0.101 e. The van der Waals surface area contributed by atoms with Gasteiger partial charge in [-0.05, 0) is 31.1 Å². The maximum atomic E-state index is 6.15. The van der Waals surface area contributed by atoms with E-state index in [0.717, 1.165) is 12.3 Å². The summed E-state index contributed by atoms with van der Waals surface area (Å²) in [5.74, 6) is 1.33. The van der Waals surface area contributed by atoms with Crippen LogP contribution in [0.25, 0.3) is 0 Å². The van der Waals surface area contributed by atoms with Crippen LogP contribution in [0, 0.1) is 17.3 Å². The molecule has 0 saturated heterocycles. The maximum absolute atomic E-state index is 6.15. The number of rotatable bonds is 1. The van der Waals surface area contributed by atoms with Crippen LogP contribution in [-0.2, 0) is 0 Å². The lowest BCUT2D eigenvalue weighted by molar-refractivity contribution is 0.338. The Balaban J connectivity index is 2.08. The highest BCUT2D eigenvalue weighted by atomic mass is 35.5.